The van der Waals surface area contributed by atoms with Crippen molar-refractivity contribution < 1.29 is 8.42 Å². The summed E-state index contributed by atoms with van der Waals surface area (Å²) < 4.78 is 26.3. The van der Waals surface area contributed by atoms with Crippen molar-refractivity contribution >= 4 is 9.84 Å². The van der Waals surface area contributed by atoms with Gasteiger partial charge in [0.2, 0.25) is 0 Å². The van der Waals surface area contributed by atoms with Crippen molar-refractivity contribution in [1.29, 1.82) is 0 Å². The van der Waals surface area contributed by atoms with Gasteiger partial charge >= 0.3 is 0 Å². The van der Waals surface area contributed by atoms with E-state index in [4.69, 9.17) is 0 Å². The van der Waals surface area contributed by atoms with Gasteiger partial charge in [-0.25, -0.2) is 8.42 Å². The van der Waals surface area contributed by atoms with Gasteiger partial charge in [0.15, 0.2) is 9.84 Å². The van der Waals surface area contributed by atoms with Crippen LogP contribution in [0, 0.1) is 5.92 Å². The molecule has 0 radical (unpaired) electrons. The third-order valence-corrected chi connectivity index (χ3v) is 8.27. The number of hydrogen-bond acceptors (Lipinski definition) is 3. The van der Waals surface area contributed by atoms with Gasteiger partial charge in [-0.3, -0.25) is 0 Å². The van der Waals surface area contributed by atoms with Gasteiger partial charge in [-0.2, -0.15) is 0 Å². The van der Waals surface area contributed by atoms with Crippen molar-refractivity contribution in [2.75, 3.05) is 6.54 Å². The van der Waals surface area contributed by atoms with Gasteiger partial charge in [0.05, 0.1) is 10.5 Å². The lowest BCUT2D eigenvalue weighted by molar-refractivity contribution is 0.280. The lowest BCUT2D eigenvalue weighted by Crippen LogP contribution is -2.51. The summed E-state index contributed by atoms with van der Waals surface area (Å²) in [6.45, 7) is 5.17. The predicted octanol–water partition coefficient (Wildman–Crippen LogP) is 3.68. The summed E-state index contributed by atoms with van der Waals surface area (Å²) in [4.78, 5) is 0. The fraction of sp³-hybridized carbons (Fsp3) is 1.00. The van der Waals surface area contributed by atoms with Crippen LogP contribution < -0.4 is 5.32 Å². The molecule has 0 amide bonds. The van der Waals surface area contributed by atoms with Crippen LogP contribution in [0.2, 0.25) is 0 Å². The maximum Gasteiger partial charge on any atom is 0.157 e. The van der Waals surface area contributed by atoms with Gasteiger partial charge in [0, 0.05) is 6.04 Å². The second-order valence-electron chi connectivity index (χ2n) is 7.02. The molecule has 0 aliphatic heterocycles. The molecule has 0 saturated heterocycles. The Labute approximate surface area is 131 Å². The van der Waals surface area contributed by atoms with Gasteiger partial charge in [0.1, 0.15) is 0 Å². The van der Waals surface area contributed by atoms with E-state index in [1.165, 1.54) is 25.7 Å². The molecule has 2 aliphatic rings. The molecule has 3 nitrogen and oxygen atoms in total. The van der Waals surface area contributed by atoms with E-state index in [1.807, 2.05) is 0 Å². The lowest BCUT2D eigenvalue weighted by atomic mass is 9.83. The van der Waals surface area contributed by atoms with Crippen molar-refractivity contribution in [2.45, 2.75) is 94.6 Å². The van der Waals surface area contributed by atoms with Gasteiger partial charge in [0.25, 0.3) is 0 Å². The Morgan fingerprint density at radius 2 is 1.71 bits per heavy atom. The van der Waals surface area contributed by atoms with Crippen LogP contribution >= 0.6 is 0 Å². The highest BCUT2D eigenvalue weighted by molar-refractivity contribution is 7.92. The van der Waals surface area contributed by atoms with Crippen LogP contribution in [0.1, 0.15) is 78.1 Å². The summed E-state index contributed by atoms with van der Waals surface area (Å²) >= 11 is 0. The Bertz CT molecular complexity index is 401. The quantitative estimate of drug-likeness (QED) is 0.813. The third kappa shape index (κ3) is 4.22. The molecule has 2 saturated carbocycles. The van der Waals surface area contributed by atoms with Crippen LogP contribution in [0.3, 0.4) is 0 Å². The molecule has 3 atom stereocenters. The molecule has 0 aromatic carbocycles. The number of nitrogens with one attached hydrogen (secondary N) is 1. The SMILES string of the molecule is CCCC1CCC(NCC)C(S(=O)(=O)C2CCCCC2)C1. The van der Waals surface area contributed by atoms with Crippen LogP contribution in [0.25, 0.3) is 0 Å². The molecular weight excluding hydrogens is 282 g/mol. The van der Waals surface area contributed by atoms with Crippen LogP contribution in [-0.4, -0.2) is 31.5 Å². The van der Waals surface area contributed by atoms with Crippen LogP contribution in [0.15, 0.2) is 0 Å². The fourth-order valence-electron chi connectivity index (χ4n) is 4.38. The first-order valence-electron chi connectivity index (χ1n) is 9.05. The average molecular weight is 316 g/mol. The summed E-state index contributed by atoms with van der Waals surface area (Å²) in [6.07, 6.45) is 10.7. The van der Waals surface area contributed by atoms with Gasteiger partial charge < -0.3 is 5.32 Å². The summed E-state index contributed by atoms with van der Waals surface area (Å²) in [6, 6.07) is 0.190. The van der Waals surface area contributed by atoms with E-state index >= 15 is 0 Å². The summed E-state index contributed by atoms with van der Waals surface area (Å²) in [7, 11) is -2.97. The van der Waals surface area contributed by atoms with E-state index in [2.05, 4.69) is 19.2 Å². The minimum absolute atomic E-state index is 0.0576. The zero-order valence-corrected chi connectivity index (χ0v) is 14.6. The number of sulfone groups is 1. The first kappa shape index (κ1) is 17.3. The second kappa shape index (κ2) is 7.96. The molecule has 0 spiro atoms. The first-order valence-corrected chi connectivity index (χ1v) is 10.7. The van der Waals surface area contributed by atoms with Crippen LogP contribution in [-0.2, 0) is 9.84 Å². The zero-order valence-electron chi connectivity index (χ0n) is 13.8. The average Bonchev–Trinajstić information content (AvgIpc) is 2.50. The van der Waals surface area contributed by atoms with Crippen molar-refractivity contribution in [2.24, 2.45) is 5.92 Å². The minimum Gasteiger partial charge on any atom is -0.313 e. The molecule has 21 heavy (non-hydrogen) atoms. The van der Waals surface area contributed by atoms with Crippen molar-refractivity contribution in [3.05, 3.63) is 0 Å². The monoisotopic (exact) mass is 315 g/mol. The van der Waals surface area contributed by atoms with E-state index in [1.54, 1.807) is 0 Å². The van der Waals surface area contributed by atoms with E-state index in [0.29, 0.717) is 5.92 Å². The fourth-order valence-corrected chi connectivity index (χ4v) is 7.10. The topological polar surface area (TPSA) is 46.2 Å². The third-order valence-electron chi connectivity index (χ3n) is 5.50. The Balaban J connectivity index is 2.13. The molecule has 4 heteroatoms. The molecule has 0 aromatic heterocycles. The first-order chi connectivity index (χ1) is 10.1. The largest absolute Gasteiger partial charge is 0.313 e. The molecule has 3 unspecified atom stereocenters. The van der Waals surface area contributed by atoms with Crippen molar-refractivity contribution in [3.63, 3.8) is 0 Å². The van der Waals surface area contributed by atoms with Crippen molar-refractivity contribution in [3.8, 4) is 0 Å². The Kier molecular flexibility index (Phi) is 6.54. The summed E-state index contributed by atoms with van der Waals surface area (Å²) in [5.41, 5.74) is 0. The molecule has 0 heterocycles. The van der Waals surface area contributed by atoms with Gasteiger partial charge in [-0.05, 0) is 44.6 Å². The molecule has 2 aliphatic carbocycles. The lowest BCUT2D eigenvalue weighted by Gasteiger charge is -2.38. The molecule has 1 N–H and O–H groups in total. The summed E-state index contributed by atoms with van der Waals surface area (Å²) in [5.74, 6) is 0.619. The highest BCUT2D eigenvalue weighted by Gasteiger charge is 2.42. The Morgan fingerprint density at radius 3 is 2.33 bits per heavy atom. The Hall–Kier alpha value is -0.0900. The van der Waals surface area contributed by atoms with Gasteiger partial charge in [-0.15, -0.1) is 0 Å². The number of rotatable bonds is 6. The standard InChI is InChI=1S/C17H33NO2S/c1-3-8-14-11-12-16(18-4-2)17(13-14)21(19,20)15-9-6-5-7-10-15/h14-18H,3-13H2,1-2H3. The number of hydrogen-bond donors (Lipinski definition) is 1. The molecule has 0 aromatic rings. The van der Waals surface area contributed by atoms with Crippen molar-refractivity contribution in [1.82, 2.24) is 5.32 Å². The molecule has 124 valence electrons. The van der Waals surface area contributed by atoms with E-state index in [-0.39, 0.29) is 16.5 Å². The molecule has 2 rings (SSSR count). The highest BCUT2D eigenvalue weighted by Crippen LogP contribution is 2.36. The zero-order chi connectivity index (χ0) is 15.3. The highest BCUT2D eigenvalue weighted by atomic mass is 32.2. The normalized spacial score (nSPS) is 32.2. The second-order valence-corrected chi connectivity index (χ2v) is 9.47. The maximum atomic E-state index is 13.1. The molecule has 2 fully saturated rings. The minimum atomic E-state index is -2.97. The van der Waals surface area contributed by atoms with Crippen LogP contribution in [0.4, 0.5) is 0 Å². The van der Waals surface area contributed by atoms with Gasteiger partial charge in [-0.1, -0.05) is 46.0 Å². The van der Waals surface area contributed by atoms with E-state index in [0.717, 1.165) is 45.1 Å². The van der Waals surface area contributed by atoms with E-state index in [9.17, 15) is 8.42 Å². The smallest absolute Gasteiger partial charge is 0.157 e. The molecular formula is C17H33NO2S. The van der Waals surface area contributed by atoms with Crippen LogP contribution in [0.5, 0.6) is 0 Å². The predicted molar refractivity (Wildman–Crippen MR) is 89.3 cm³/mol. The summed E-state index contributed by atoms with van der Waals surface area (Å²) in [5, 5.41) is 3.27. The maximum absolute atomic E-state index is 13.1. The Morgan fingerprint density at radius 1 is 1.00 bits per heavy atom. The molecule has 0 bridgehead atoms. The van der Waals surface area contributed by atoms with E-state index < -0.39 is 9.84 Å².